The number of carbonyl (C=O) groups excluding carboxylic acids is 4. The highest BCUT2D eigenvalue weighted by Crippen LogP contribution is 2.57. The van der Waals surface area contributed by atoms with Crippen molar-refractivity contribution in [2.45, 2.75) is 91.3 Å². The summed E-state index contributed by atoms with van der Waals surface area (Å²) in [5, 5.41) is 13.8. The van der Waals surface area contributed by atoms with Crippen molar-refractivity contribution >= 4 is 29.7 Å². The zero-order chi connectivity index (χ0) is 30.9. The van der Waals surface area contributed by atoms with E-state index in [4.69, 9.17) is 18.9 Å². The zero-order valence-electron chi connectivity index (χ0n) is 25.0. The summed E-state index contributed by atoms with van der Waals surface area (Å²) in [5.74, 6) is -2.49. The van der Waals surface area contributed by atoms with Crippen molar-refractivity contribution in [2.24, 2.45) is 23.2 Å². The molecule has 228 valence electrons. The minimum Gasteiger partial charge on any atom is -0.462 e. The van der Waals surface area contributed by atoms with Crippen LogP contribution in [0.1, 0.15) is 60.8 Å². The molecule has 42 heavy (non-hydrogen) atoms. The summed E-state index contributed by atoms with van der Waals surface area (Å²) in [6.45, 7) is 13.7. The van der Waals surface area contributed by atoms with Gasteiger partial charge in [-0.1, -0.05) is 38.6 Å². The fourth-order valence-electron chi connectivity index (χ4n) is 7.26. The van der Waals surface area contributed by atoms with Crippen LogP contribution in [-0.2, 0) is 33.3 Å². The van der Waals surface area contributed by atoms with E-state index in [1.54, 1.807) is 24.3 Å². The van der Waals surface area contributed by atoms with Crippen LogP contribution in [0.3, 0.4) is 0 Å². The van der Waals surface area contributed by atoms with E-state index in [2.05, 4.69) is 11.9 Å². The quantitative estimate of drug-likeness (QED) is 0.287. The summed E-state index contributed by atoms with van der Waals surface area (Å²) >= 11 is 0. The van der Waals surface area contributed by atoms with Crippen LogP contribution >= 0.6 is 0 Å². The minimum atomic E-state index is -1.10. The van der Waals surface area contributed by atoms with Crippen LogP contribution < -0.4 is 5.32 Å². The van der Waals surface area contributed by atoms with E-state index in [1.165, 1.54) is 20.8 Å². The molecule has 0 aliphatic heterocycles. The van der Waals surface area contributed by atoms with Gasteiger partial charge in [-0.3, -0.25) is 19.7 Å². The maximum absolute atomic E-state index is 13.0. The first-order valence-corrected chi connectivity index (χ1v) is 14.4. The van der Waals surface area contributed by atoms with Crippen LogP contribution in [0.5, 0.6) is 0 Å². The molecule has 3 aliphatic carbocycles. The Hall–Kier alpha value is -3.66. The van der Waals surface area contributed by atoms with E-state index in [1.807, 2.05) is 26.8 Å². The van der Waals surface area contributed by atoms with Gasteiger partial charge in [-0.2, -0.15) is 0 Å². The first-order chi connectivity index (χ1) is 19.7. The maximum Gasteiger partial charge on any atom is 0.412 e. The van der Waals surface area contributed by atoms with Crippen molar-refractivity contribution < 1.29 is 43.2 Å². The fraction of sp³-hybridized carbons (Fsp3) is 0.562. The predicted octanol–water partition coefficient (Wildman–Crippen LogP) is 4.72. The Bertz CT molecular complexity index is 1270. The number of ether oxygens (including phenoxy) is 4. The summed E-state index contributed by atoms with van der Waals surface area (Å²) in [5.41, 5.74) is 1.41. The van der Waals surface area contributed by atoms with Gasteiger partial charge < -0.3 is 24.1 Å². The lowest BCUT2D eigenvalue weighted by Crippen LogP contribution is -2.63. The van der Waals surface area contributed by atoms with Gasteiger partial charge in [0.2, 0.25) is 0 Å². The Labute approximate surface area is 246 Å². The molecule has 0 saturated heterocycles. The zero-order valence-corrected chi connectivity index (χ0v) is 25.0. The molecule has 4 rings (SSSR count). The first-order valence-electron chi connectivity index (χ1n) is 14.4. The van der Waals surface area contributed by atoms with E-state index < -0.39 is 65.9 Å². The van der Waals surface area contributed by atoms with Gasteiger partial charge in [0.05, 0.1) is 11.5 Å². The summed E-state index contributed by atoms with van der Waals surface area (Å²) in [6, 6.07) is 8.94. The second-order valence-electron chi connectivity index (χ2n) is 11.9. The van der Waals surface area contributed by atoms with Crippen LogP contribution in [0.25, 0.3) is 0 Å². The van der Waals surface area contributed by atoms with Gasteiger partial charge in [0.25, 0.3) is 0 Å². The van der Waals surface area contributed by atoms with Gasteiger partial charge in [0.1, 0.15) is 12.2 Å². The Morgan fingerprint density at radius 1 is 0.929 bits per heavy atom. The molecule has 0 unspecified atom stereocenters. The number of aliphatic hydroxyl groups excluding tert-OH is 1. The minimum absolute atomic E-state index is 0.0552. The van der Waals surface area contributed by atoms with Crippen molar-refractivity contribution in [1.82, 2.24) is 0 Å². The van der Waals surface area contributed by atoms with Crippen LogP contribution in [0.2, 0.25) is 0 Å². The molecule has 10 heteroatoms. The number of fused-ring (bicyclic) bond motifs is 3. The summed E-state index contributed by atoms with van der Waals surface area (Å²) in [6.07, 6.45) is -4.27. The normalized spacial score (nSPS) is 34.2. The van der Waals surface area contributed by atoms with Crippen LogP contribution in [-0.4, -0.2) is 59.6 Å². The number of anilines is 1. The van der Waals surface area contributed by atoms with Gasteiger partial charge in [-0.15, -0.1) is 0 Å². The van der Waals surface area contributed by atoms with Crippen LogP contribution in [0.15, 0.2) is 53.6 Å². The van der Waals surface area contributed by atoms with E-state index >= 15 is 0 Å². The Kier molecular flexibility index (Phi) is 9.15. The highest BCUT2D eigenvalue weighted by Gasteiger charge is 2.62. The third-order valence-electron chi connectivity index (χ3n) is 9.31. The maximum atomic E-state index is 13.0. The Morgan fingerprint density at radius 2 is 1.55 bits per heavy atom. The third-order valence-corrected chi connectivity index (χ3v) is 9.31. The van der Waals surface area contributed by atoms with Crippen molar-refractivity contribution in [2.75, 3.05) is 5.32 Å². The first kappa shape index (κ1) is 31.3. The molecule has 2 fully saturated rings. The lowest BCUT2D eigenvalue weighted by Gasteiger charge is -2.57. The number of aliphatic hydroxyl groups is 1. The summed E-state index contributed by atoms with van der Waals surface area (Å²) < 4.78 is 23.7. The van der Waals surface area contributed by atoms with E-state index in [0.717, 1.165) is 0 Å². The molecule has 1 aromatic carbocycles. The van der Waals surface area contributed by atoms with E-state index in [9.17, 15) is 24.3 Å². The number of hydrogen-bond acceptors (Lipinski definition) is 9. The largest absolute Gasteiger partial charge is 0.462 e. The smallest absolute Gasteiger partial charge is 0.412 e. The summed E-state index contributed by atoms with van der Waals surface area (Å²) in [7, 11) is 0. The van der Waals surface area contributed by atoms with Gasteiger partial charge in [-0.05, 0) is 66.4 Å². The number of amides is 1. The number of para-hydroxylation sites is 1. The standard InChI is InChI=1S/C32H41NO9/c1-16-22-13-24-17(2)25(37)15-27(39-19(4)34)32(24,7)30(41-21(6)36)29(40-20(5)35)28(16)18(3)26(14-22)42-31(38)33-23-11-9-8-10-12-23/h8-12,16,22,24-27,29-30,37H,2,13-15H2,1,3-7H3,(H,33,38)/t16-,22-,24-,25+,26+,27+,29-,30+,32+/m1/s1. The lowest BCUT2D eigenvalue weighted by atomic mass is 9.52. The van der Waals surface area contributed by atoms with Gasteiger partial charge >= 0.3 is 24.0 Å². The predicted molar refractivity (Wildman–Crippen MR) is 153 cm³/mol. The molecular formula is C32H41NO9. The summed E-state index contributed by atoms with van der Waals surface area (Å²) in [4.78, 5) is 50.4. The lowest BCUT2D eigenvalue weighted by molar-refractivity contribution is -0.208. The molecule has 3 aliphatic rings. The molecule has 1 amide bonds. The number of nitrogens with one attached hydrogen (secondary N) is 1. The van der Waals surface area contributed by atoms with Crippen molar-refractivity contribution in [3.8, 4) is 0 Å². The Balaban J connectivity index is 1.86. The SMILES string of the molecule is C=C1[C@H]2C[C@@H]3C[C@H](OC(=O)Nc4ccccc4)C(C)=C([C@@H](OC(C)=O)[C@H](OC(C)=O)[C@]2(C)[C@@H](OC(C)=O)C[C@@H]1O)[C@@H]3C. The monoisotopic (exact) mass is 583 g/mol. The highest BCUT2D eigenvalue weighted by atomic mass is 16.6. The van der Waals surface area contributed by atoms with Gasteiger partial charge in [-0.25, -0.2) is 4.79 Å². The second kappa shape index (κ2) is 12.3. The molecule has 2 bridgehead atoms. The number of rotatable bonds is 5. The molecule has 0 radical (unpaired) electrons. The second-order valence-corrected chi connectivity index (χ2v) is 11.9. The van der Waals surface area contributed by atoms with Gasteiger partial charge in [0.15, 0.2) is 12.2 Å². The van der Waals surface area contributed by atoms with Crippen LogP contribution in [0.4, 0.5) is 10.5 Å². The highest BCUT2D eigenvalue weighted by molar-refractivity contribution is 5.84. The fourth-order valence-corrected chi connectivity index (χ4v) is 7.26. The topological polar surface area (TPSA) is 137 Å². The number of esters is 3. The molecule has 0 spiro atoms. The molecule has 9 atom stereocenters. The average molecular weight is 584 g/mol. The third kappa shape index (κ3) is 6.09. The number of benzene rings is 1. The average Bonchev–Trinajstić information content (AvgIpc) is 2.89. The van der Waals surface area contributed by atoms with E-state index in [0.29, 0.717) is 35.2 Å². The number of hydrogen-bond donors (Lipinski definition) is 2. The van der Waals surface area contributed by atoms with Gasteiger partial charge in [0, 0.05) is 32.9 Å². The van der Waals surface area contributed by atoms with Crippen molar-refractivity contribution in [3.05, 3.63) is 53.6 Å². The molecular weight excluding hydrogens is 542 g/mol. The molecule has 1 aromatic rings. The van der Waals surface area contributed by atoms with Crippen LogP contribution in [0, 0.1) is 23.2 Å². The molecule has 2 saturated carbocycles. The van der Waals surface area contributed by atoms with Crippen molar-refractivity contribution in [3.63, 3.8) is 0 Å². The van der Waals surface area contributed by atoms with Crippen molar-refractivity contribution in [1.29, 1.82) is 0 Å². The molecule has 0 heterocycles. The molecule has 2 N–H and O–H groups in total. The number of carbonyl (C=O) groups is 4. The Morgan fingerprint density at radius 3 is 2.14 bits per heavy atom. The molecule has 10 nitrogen and oxygen atoms in total. The van der Waals surface area contributed by atoms with E-state index in [-0.39, 0.29) is 18.3 Å². The molecule has 0 aromatic heterocycles.